The maximum Gasteiger partial charge on any atom is 0.223 e. The summed E-state index contributed by atoms with van der Waals surface area (Å²) in [4.78, 5) is 4.16. The standard InChI is InChI=1S/C13H15BrClN3O/c1-8(11-4-3-10(14)7-12(11)15)16-6-5-13-17-9(2)19-18-13/h3-4,7-8,16H,5-6H2,1-2H3. The molecule has 0 radical (unpaired) electrons. The highest BCUT2D eigenvalue weighted by atomic mass is 79.9. The van der Waals surface area contributed by atoms with Gasteiger partial charge in [-0.25, -0.2) is 0 Å². The summed E-state index contributed by atoms with van der Waals surface area (Å²) in [5.41, 5.74) is 1.08. The van der Waals surface area contributed by atoms with Gasteiger partial charge in [-0.2, -0.15) is 4.98 Å². The Morgan fingerprint density at radius 1 is 1.47 bits per heavy atom. The van der Waals surface area contributed by atoms with Gasteiger partial charge in [0.05, 0.1) is 0 Å². The van der Waals surface area contributed by atoms with E-state index < -0.39 is 0 Å². The van der Waals surface area contributed by atoms with E-state index in [1.807, 2.05) is 18.2 Å². The third kappa shape index (κ3) is 4.03. The molecule has 0 bridgehead atoms. The van der Waals surface area contributed by atoms with E-state index >= 15 is 0 Å². The Labute approximate surface area is 125 Å². The van der Waals surface area contributed by atoms with Crippen molar-refractivity contribution < 1.29 is 4.52 Å². The Balaban J connectivity index is 1.88. The first-order valence-corrected chi connectivity index (χ1v) is 7.21. The summed E-state index contributed by atoms with van der Waals surface area (Å²) >= 11 is 9.61. The first kappa shape index (κ1) is 14.5. The molecule has 1 N–H and O–H groups in total. The number of nitrogens with zero attached hydrogens (tertiary/aromatic N) is 2. The average molecular weight is 345 g/mol. The minimum Gasteiger partial charge on any atom is -0.340 e. The fraction of sp³-hybridized carbons (Fsp3) is 0.385. The summed E-state index contributed by atoms with van der Waals surface area (Å²) in [5, 5.41) is 8.01. The van der Waals surface area contributed by atoms with Crippen LogP contribution in [-0.2, 0) is 6.42 Å². The van der Waals surface area contributed by atoms with Crippen molar-refractivity contribution in [1.29, 1.82) is 0 Å². The quantitative estimate of drug-likeness (QED) is 0.899. The monoisotopic (exact) mass is 343 g/mol. The minimum absolute atomic E-state index is 0.175. The summed E-state index contributed by atoms with van der Waals surface area (Å²) in [6.07, 6.45) is 0.732. The lowest BCUT2D eigenvalue weighted by atomic mass is 10.1. The molecule has 2 rings (SSSR count). The highest BCUT2D eigenvalue weighted by Crippen LogP contribution is 2.26. The lowest BCUT2D eigenvalue weighted by Crippen LogP contribution is -2.22. The molecule has 0 saturated carbocycles. The van der Waals surface area contributed by atoms with Crippen LogP contribution in [0, 0.1) is 6.92 Å². The van der Waals surface area contributed by atoms with Gasteiger partial charge < -0.3 is 9.84 Å². The molecule has 2 aromatic rings. The van der Waals surface area contributed by atoms with Crippen LogP contribution in [0.5, 0.6) is 0 Å². The SMILES string of the molecule is Cc1nc(CCNC(C)c2ccc(Br)cc2Cl)no1. The van der Waals surface area contributed by atoms with Gasteiger partial charge in [-0.15, -0.1) is 0 Å². The van der Waals surface area contributed by atoms with Crippen LogP contribution in [0.1, 0.15) is 30.2 Å². The van der Waals surface area contributed by atoms with Crippen molar-refractivity contribution in [2.24, 2.45) is 0 Å². The van der Waals surface area contributed by atoms with Crippen LogP contribution in [0.2, 0.25) is 5.02 Å². The van der Waals surface area contributed by atoms with Crippen LogP contribution < -0.4 is 5.32 Å². The van der Waals surface area contributed by atoms with Crippen molar-refractivity contribution in [3.05, 3.63) is 45.0 Å². The molecule has 0 aliphatic heterocycles. The Kier molecular flexibility index (Phi) is 4.96. The number of halogens is 2. The molecule has 102 valence electrons. The number of aromatic nitrogens is 2. The lowest BCUT2D eigenvalue weighted by Gasteiger charge is -2.15. The van der Waals surface area contributed by atoms with Gasteiger partial charge in [-0.1, -0.05) is 38.8 Å². The normalized spacial score (nSPS) is 12.6. The molecule has 0 aliphatic carbocycles. The molecule has 6 heteroatoms. The van der Waals surface area contributed by atoms with E-state index in [2.05, 4.69) is 38.3 Å². The van der Waals surface area contributed by atoms with E-state index in [1.165, 1.54) is 0 Å². The summed E-state index contributed by atoms with van der Waals surface area (Å²) in [6.45, 7) is 4.64. The van der Waals surface area contributed by atoms with Crippen molar-refractivity contribution in [3.63, 3.8) is 0 Å². The molecular formula is C13H15BrClN3O. The van der Waals surface area contributed by atoms with Crippen LogP contribution in [0.15, 0.2) is 27.2 Å². The summed E-state index contributed by atoms with van der Waals surface area (Å²) < 4.78 is 5.91. The third-order valence-electron chi connectivity index (χ3n) is 2.80. The molecular weight excluding hydrogens is 330 g/mol. The zero-order chi connectivity index (χ0) is 13.8. The van der Waals surface area contributed by atoms with Crippen LogP contribution >= 0.6 is 27.5 Å². The molecule has 0 fully saturated rings. The molecule has 19 heavy (non-hydrogen) atoms. The van der Waals surface area contributed by atoms with E-state index in [9.17, 15) is 0 Å². The first-order chi connectivity index (χ1) is 9.06. The minimum atomic E-state index is 0.175. The number of hydrogen-bond acceptors (Lipinski definition) is 4. The Morgan fingerprint density at radius 3 is 2.89 bits per heavy atom. The van der Waals surface area contributed by atoms with Crippen LogP contribution in [0.25, 0.3) is 0 Å². The van der Waals surface area contributed by atoms with Gasteiger partial charge in [0, 0.05) is 35.4 Å². The van der Waals surface area contributed by atoms with E-state index in [0.717, 1.165) is 33.8 Å². The summed E-state index contributed by atoms with van der Waals surface area (Å²) in [7, 11) is 0. The molecule has 1 aromatic carbocycles. The van der Waals surface area contributed by atoms with Gasteiger partial charge in [0.2, 0.25) is 5.89 Å². The predicted molar refractivity (Wildman–Crippen MR) is 78.3 cm³/mol. The molecule has 1 aromatic heterocycles. The molecule has 0 spiro atoms. The number of nitrogens with one attached hydrogen (secondary N) is 1. The van der Waals surface area contributed by atoms with Gasteiger partial charge in [0.1, 0.15) is 0 Å². The number of hydrogen-bond donors (Lipinski definition) is 1. The number of aryl methyl sites for hydroxylation is 1. The van der Waals surface area contributed by atoms with Gasteiger partial charge in [0.25, 0.3) is 0 Å². The topological polar surface area (TPSA) is 51.0 Å². The second-order valence-corrected chi connectivity index (χ2v) is 5.64. The maximum absolute atomic E-state index is 6.21. The number of benzene rings is 1. The number of rotatable bonds is 5. The van der Waals surface area contributed by atoms with Crippen molar-refractivity contribution in [2.45, 2.75) is 26.3 Å². The van der Waals surface area contributed by atoms with Crippen molar-refractivity contribution in [1.82, 2.24) is 15.5 Å². The molecule has 1 unspecified atom stereocenters. The average Bonchev–Trinajstić information content (AvgIpc) is 2.75. The summed E-state index contributed by atoms with van der Waals surface area (Å²) in [6, 6.07) is 6.08. The molecule has 1 atom stereocenters. The van der Waals surface area contributed by atoms with Gasteiger partial charge in [-0.3, -0.25) is 0 Å². The molecule has 0 saturated heterocycles. The van der Waals surface area contributed by atoms with Gasteiger partial charge >= 0.3 is 0 Å². The molecule has 1 heterocycles. The molecule has 0 amide bonds. The summed E-state index contributed by atoms with van der Waals surface area (Å²) in [5.74, 6) is 1.32. The zero-order valence-corrected chi connectivity index (χ0v) is 13.1. The molecule has 4 nitrogen and oxygen atoms in total. The van der Waals surface area contributed by atoms with Crippen molar-refractivity contribution in [2.75, 3.05) is 6.54 Å². The van der Waals surface area contributed by atoms with Crippen LogP contribution in [0.4, 0.5) is 0 Å². The van der Waals surface area contributed by atoms with Crippen LogP contribution in [-0.4, -0.2) is 16.7 Å². The Hall–Kier alpha value is -0.910. The Bertz CT molecular complexity index is 559. The second-order valence-electron chi connectivity index (χ2n) is 4.32. The van der Waals surface area contributed by atoms with E-state index in [-0.39, 0.29) is 6.04 Å². The van der Waals surface area contributed by atoms with E-state index in [0.29, 0.717) is 5.89 Å². The predicted octanol–water partition coefficient (Wildman–Crippen LogP) is 3.69. The first-order valence-electron chi connectivity index (χ1n) is 6.04. The zero-order valence-electron chi connectivity index (χ0n) is 10.8. The van der Waals surface area contributed by atoms with Crippen molar-refractivity contribution >= 4 is 27.5 Å². The van der Waals surface area contributed by atoms with Gasteiger partial charge in [-0.05, 0) is 24.6 Å². The highest BCUT2D eigenvalue weighted by Gasteiger charge is 2.10. The fourth-order valence-electron chi connectivity index (χ4n) is 1.81. The highest BCUT2D eigenvalue weighted by molar-refractivity contribution is 9.10. The fourth-order valence-corrected chi connectivity index (χ4v) is 2.64. The van der Waals surface area contributed by atoms with Crippen molar-refractivity contribution in [3.8, 4) is 0 Å². The second kappa shape index (κ2) is 6.50. The lowest BCUT2D eigenvalue weighted by molar-refractivity contribution is 0.386. The smallest absolute Gasteiger partial charge is 0.223 e. The van der Waals surface area contributed by atoms with E-state index in [1.54, 1.807) is 6.92 Å². The largest absolute Gasteiger partial charge is 0.340 e. The molecule has 0 aliphatic rings. The Morgan fingerprint density at radius 2 is 2.26 bits per heavy atom. The van der Waals surface area contributed by atoms with Gasteiger partial charge in [0.15, 0.2) is 5.82 Å². The third-order valence-corrected chi connectivity index (χ3v) is 3.62. The van der Waals surface area contributed by atoms with Crippen LogP contribution in [0.3, 0.4) is 0 Å². The van der Waals surface area contributed by atoms with E-state index in [4.69, 9.17) is 16.1 Å². The maximum atomic E-state index is 6.21.